The monoisotopic (exact) mass is 561 g/mol. The lowest BCUT2D eigenvalue weighted by atomic mass is 9.83. The van der Waals surface area contributed by atoms with Gasteiger partial charge in [-0.05, 0) is 48.7 Å². The van der Waals surface area contributed by atoms with Gasteiger partial charge in [-0.1, -0.05) is 18.2 Å². The third kappa shape index (κ3) is 8.42. The van der Waals surface area contributed by atoms with Crippen molar-refractivity contribution in [2.24, 2.45) is 17.6 Å². The van der Waals surface area contributed by atoms with Gasteiger partial charge in [0.05, 0.1) is 6.54 Å². The number of alkyl halides is 6. The first-order chi connectivity index (χ1) is 18.1. The molecule has 1 aliphatic heterocycles. The van der Waals surface area contributed by atoms with Crippen molar-refractivity contribution in [3.63, 3.8) is 0 Å². The highest BCUT2D eigenvalue weighted by Crippen LogP contribution is 2.34. The van der Waals surface area contributed by atoms with E-state index < -0.39 is 79.3 Å². The van der Waals surface area contributed by atoms with Crippen molar-refractivity contribution in [2.75, 3.05) is 11.4 Å². The number of para-hydroxylation sites is 1. The number of nitrogens with two attached hydrogens (primary N) is 1. The number of nitrogens with one attached hydrogen (secondary N) is 1. The number of fused-ring (bicyclic) bond motifs is 1. The summed E-state index contributed by atoms with van der Waals surface area (Å²) in [7, 11) is 0. The molecule has 2 aromatic rings. The molecule has 0 bridgehead atoms. The summed E-state index contributed by atoms with van der Waals surface area (Å²) < 4.78 is 91.5. The number of rotatable bonds is 9. The van der Waals surface area contributed by atoms with Gasteiger partial charge in [-0.3, -0.25) is 14.4 Å². The van der Waals surface area contributed by atoms with E-state index in [4.69, 9.17) is 5.73 Å². The van der Waals surface area contributed by atoms with Crippen LogP contribution in [0.15, 0.2) is 48.5 Å². The zero-order valence-corrected chi connectivity index (χ0v) is 20.5. The lowest BCUT2D eigenvalue weighted by Gasteiger charge is -2.30. The van der Waals surface area contributed by atoms with Gasteiger partial charge in [-0.25, -0.2) is 4.39 Å². The number of anilines is 2. The Morgan fingerprint density at radius 3 is 2.10 bits per heavy atom. The summed E-state index contributed by atoms with van der Waals surface area (Å²) in [5.41, 5.74) is 6.54. The molecule has 0 saturated carbocycles. The average Bonchev–Trinajstić information content (AvgIpc) is 2.95. The normalized spacial score (nSPS) is 17.7. The molecular formula is C26H26F7N3O3. The fourth-order valence-electron chi connectivity index (χ4n) is 4.61. The van der Waals surface area contributed by atoms with Gasteiger partial charge in [0.1, 0.15) is 11.9 Å². The molecule has 13 heteroatoms. The summed E-state index contributed by atoms with van der Waals surface area (Å²) in [6.07, 6.45) is -14.9. The molecule has 3 N–H and O–H groups in total. The standard InChI is InChI=1S/C26H26F7N3O3/c27-16-6-7-21-15(12-16)13-22(37)20(14-36(21)17-4-2-1-3-5-17)35-24(39)19(9-11-26(31,32)33)18(23(34)38)8-10-25(28,29)30/h1-7,12,18-20H,8-11,13-14H2,(H2,34,38)(H,35,39)/t18-,19+,20-/m0/s1. The smallest absolute Gasteiger partial charge is 0.369 e. The van der Waals surface area contributed by atoms with Crippen molar-refractivity contribution < 1.29 is 45.1 Å². The quantitative estimate of drug-likeness (QED) is 0.423. The van der Waals surface area contributed by atoms with E-state index in [-0.39, 0.29) is 13.0 Å². The van der Waals surface area contributed by atoms with Crippen LogP contribution in [0.4, 0.5) is 42.1 Å². The van der Waals surface area contributed by atoms with E-state index in [1.54, 1.807) is 35.2 Å². The molecule has 0 unspecified atom stereocenters. The number of benzene rings is 2. The van der Waals surface area contributed by atoms with Gasteiger partial charge in [0.15, 0.2) is 5.78 Å². The van der Waals surface area contributed by atoms with Gasteiger partial charge in [-0.15, -0.1) is 0 Å². The third-order valence-corrected chi connectivity index (χ3v) is 6.50. The molecule has 6 nitrogen and oxygen atoms in total. The summed E-state index contributed by atoms with van der Waals surface area (Å²) in [5.74, 6) is -7.50. The maximum atomic E-state index is 14.0. The van der Waals surface area contributed by atoms with Gasteiger partial charge in [0.25, 0.3) is 0 Å². The van der Waals surface area contributed by atoms with Gasteiger partial charge in [0.2, 0.25) is 11.8 Å². The molecule has 0 spiro atoms. The summed E-state index contributed by atoms with van der Waals surface area (Å²) in [4.78, 5) is 40.0. The molecule has 0 aromatic heterocycles. The van der Waals surface area contributed by atoms with E-state index in [2.05, 4.69) is 5.32 Å². The fraction of sp³-hybridized carbons (Fsp3) is 0.423. The molecule has 0 saturated heterocycles. The van der Waals surface area contributed by atoms with Gasteiger partial charge in [-0.2, -0.15) is 26.3 Å². The number of Topliss-reactive ketones (excluding diaryl/α,β-unsaturated/α-hetero) is 1. The second-order valence-electron chi connectivity index (χ2n) is 9.35. The second-order valence-corrected chi connectivity index (χ2v) is 9.35. The van der Waals surface area contributed by atoms with Crippen molar-refractivity contribution in [3.8, 4) is 0 Å². The lowest BCUT2D eigenvalue weighted by molar-refractivity contribution is -0.152. The molecule has 1 aliphatic rings. The molecule has 2 amide bonds. The van der Waals surface area contributed by atoms with Crippen LogP contribution in [0.25, 0.3) is 0 Å². The lowest BCUT2D eigenvalue weighted by Crippen LogP contribution is -2.51. The molecule has 0 radical (unpaired) electrons. The Balaban J connectivity index is 1.92. The van der Waals surface area contributed by atoms with Crippen molar-refractivity contribution in [1.82, 2.24) is 5.32 Å². The summed E-state index contributed by atoms with van der Waals surface area (Å²) in [6.45, 7) is -0.205. The Morgan fingerprint density at radius 2 is 1.54 bits per heavy atom. The molecule has 0 aliphatic carbocycles. The van der Waals surface area contributed by atoms with Crippen LogP contribution in [0, 0.1) is 17.7 Å². The molecule has 3 atom stereocenters. The van der Waals surface area contributed by atoms with Crippen LogP contribution < -0.4 is 16.0 Å². The molecule has 0 fully saturated rings. The number of halogens is 7. The summed E-state index contributed by atoms with van der Waals surface area (Å²) in [5, 5.41) is 2.35. The molecule has 3 rings (SSSR count). The van der Waals surface area contributed by atoms with Crippen LogP contribution in [0.2, 0.25) is 0 Å². The number of carbonyl (C=O) groups is 3. The van der Waals surface area contributed by atoms with E-state index in [9.17, 15) is 45.1 Å². The van der Waals surface area contributed by atoms with Crippen LogP contribution >= 0.6 is 0 Å². The molecule has 39 heavy (non-hydrogen) atoms. The minimum absolute atomic E-state index is 0.205. The first kappa shape index (κ1) is 29.9. The zero-order valence-electron chi connectivity index (χ0n) is 20.5. The minimum atomic E-state index is -4.77. The third-order valence-electron chi connectivity index (χ3n) is 6.50. The number of ketones is 1. The highest BCUT2D eigenvalue weighted by atomic mass is 19.4. The van der Waals surface area contributed by atoms with Crippen molar-refractivity contribution >= 4 is 29.0 Å². The van der Waals surface area contributed by atoms with E-state index in [1.165, 1.54) is 12.1 Å². The Morgan fingerprint density at radius 1 is 0.949 bits per heavy atom. The second kappa shape index (κ2) is 12.0. The predicted octanol–water partition coefficient (Wildman–Crippen LogP) is 4.98. The fourth-order valence-corrected chi connectivity index (χ4v) is 4.61. The number of carbonyl (C=O) groups excluding carboxylic acids is 3. The van der Waals surface area contributed by atoms with Crippen LogP contribution in [-0.2, 0) is 20.8 Å². The van der Waals surface area contributed by atoms with Crippen LogP contribution in [0.1, 0.15) is 31.2 Å². The molecule has 212 valence electrons. The highest BCUT2D eigenvalue weighted by Gasteiger charge is 2.41. The minimum Gasteiger partial charge on any atom is -0.369 e. The van der Waals surface area contributed by atoms with Crippen molar-refractivity contribution in [3.05, 3.63) is 59.9 Å². The van der Waals surface area contributed by atoms with Crippen LogP contribution in [0.5, 0.6) is 0 Å². The Hall–Kier alpha value is -3.64. The van der Waals surface area contributed by atoms with E-state index >= 15 is 0 Å². The van der Waals surface area contributed by atoms with Gasteiger partial charge in [0, 0.05) is 42.5 Å². The van der Waals surface area contributed by atoms with Crippen molar-refractivity contribution in [1.29, 1.82) is 0 Å². The first-order valence-corrected chi connectivity index (χ1v) is 12.0. The maximum absolute atomic E-state index is 14.0. The van der Waals surface area contributed by atoms with Crippen molar-refractivity contribution in [2.45, 2.75) is 50.5 Å². The number of hydrogen-bond acceptors (Lipinski definition) is 4. The topological polar surface area (TPSA) is 92.5 Å². The van der Waals surface area contributed by atoms with E-state index in [1.807, 2.05) is 0 Å². The number of primary amides is 1. The molecule has 2 aromatic carbocycles. The first-order valence-electron chi connectivity index (χ1n) is 12.0. The van der Waals surface area contributed by atoms with E-state index in [0.29, 0.717) is 16.9 Å². The van der Waals surface area contributed by atoms with Crippen LogP contribution in [0.3, 0.4) is 0 Å². The largest absolute Gasteiger partial charge is 0.389 e. The van der Waals surface area contributed by atoms with Gasteiger partial charge >= 0.3 is 12.4 Å². The zero-order chi connectivity index (χ0) is 29.0. The predicted molar refractivity (Wildman–Crippen MR) is 127 cm³/mol. The Kier molecular flexibility index (Phi) is 9.23. The number of hydrogen-bond donors (Lipinski definition) is 2. The maximum Gasteiger partial charge on any atom is 0.389 e. The molecular weight excluding hydrogens is 535 g/mol. The van der Waals surface area contributed by atoms with Crippen LogP contribution in [-0.4, -0.2) is 42.5 Å². The SMILES string of the molecule is NC(=O)[C@@H](CCC(F)(F)F)[C@@H](CCC(F)(F)F)C(=O)N[C@H]1CN(c2ccccc2)c2ccc(F)cc2CC1=O. The van der Waals surface area contributed by atoms with Gasteiger partial charge < -0.3 is 16.0 Å². The summed E-state index contributed by atoms with van der Waals surface area (Å²) in [6, 6.07) is 11.0. The number of nitrogens with zero attached hydrogens (tertiary/aromatic N) is 1. The molecule has 1 heterocycles. The Labute approximate surface area is 219 Å². The van der Waals surface area contributed by atoms with E-state index in [0.717, 1.165) is 6.07 Å². The Bertz CT molecular complexity index is 1190. The highest BCUT2D eigenvalue weighted by molar-refractivity contribution is 5.95. The summed E-state index contributed by atoms with van der Waals surface area (Å²) >= 11 is 0. The number of amides is 2. The average molecular weight is 561 g/mol.